The molecule has 246 valence electrons. The van der Waals surface area contributed by atoms with Crippen LogP contribution in [0.3, 0.4) is 0 Å². The summed E-state index contributed by atoms with van der Waals surface area (Å²) >= 11 is 0. The van der Waals surface area contributed by atoms with Crippen LogP contribution in [0.25, 0.3) is 0 Å². The maximum Gasteiger partial charge on any atom is 0.337 e. The standard InChI is InChI=1S/C37H36N4O6S/c1-24(39-40-35(42)23-41(28-8-5-4-6-9-28)48(44,45)30-19-17-29(46-2)18-20-30)27-16-21-34-33(22-27)31-10-7-11-32(31)36(38-34)25-12-14-26(15-13-25)37(43)47-3/h4-10,12-22,31-32,36,38H,11,23H2,1-3H3,(H,40,42)/t31-,32-,36+/m1/s1. The van der Waals surface area contributed by atoms with E-state index in [1.165, 1.54) is 26.4 Å². The van der Waals surface area contributed by atoms with Crippen LogP contribution in [-0.4, -0.2) is 46.8 Å². The van der Waals surface area contributed by atoms with Crippen molar-refractivity contribution in [2.24, 2.45) is 11.0 Å². The van der Waals surface area contributed by atoms with Gasteiger partial charge in [0, 0.05) is 11.6 Å². The molecule has 1 amide bonds. The number of hydrogen-bond donors (Lipinski definition) is 2. The van der Waals surface area contributed by atoms with E-state index in [-0.39, 0.29) is 28.7 Å². The van der Waals surface area contributed by atoms with Crippen LogP contribution in [0.5, 0.6) is 5.75 Å². The molecule has 0 saturated carbocycles. The zero-order valence-electron chi connectivity index (χ0n) is 26.8. The van der Waals surface area contributed by atoms with E-state index in [1.54, 1.807) is 61.5 Å². The Labute approximate surface area is 280 Å². The van der Waals surface area contributed by atoms with E-state index in [1.807, 2.05) is 24.3 Å². The summed E-state index contributed by atoms with van der Waals surface area (Å²) in [6.07, 6.45) is 5.35. The van der Waals surface area contributed by atoms with E-state index < -0.39 is 22.5 Å². The van der Waals surface area contributed by atoms with Crippen molar-refractivity contribution in [2.45, 2.75) is 30.2 Å². The Morgan fingerprint density at radius 2 is 1.65 bits per heavy atom. The molecular weight excluding hydrogens is 628 g/mol. The Balaban J connectivity index is 1.19. The van der Waals surface area contributed by atoms with Gasteiger partial charge in [-0.2, -0.15) is 5.10 Å². The average molecular weight is 665 g/mol. The molecule has 1 aliphatic heterocycles. The third-order valence-corrected chi connectivity index (χ3v) is 10.6. The number of esters is 1. The molecule has 0 spiro atoms. The molecule has 4 aromatic carbocycles. The van der Waals surface area contributed by atoms with E-state index in [0.29, 0.717) is 22.7 Å². The summed E-state index contributed by atoms with van der Waals surface area (Å²) in [6, 6.07) is 28.1. The van der Waals surface area contributed by atoms with Crippen LogP contribution >= 0.6 is 0 Å². The Morgan fingerprint density at radius 1 is 0.938 bits per heavy atom. The van der Waals surface area contributed by atoms with Crippen LogP contribution in [0.2, 0.25) is 0 Å². The average Bonchev–Trinajstić information content (AvgIpc) is 3.63. The first kappa shape index (κ1) is 32.5. The number of ether oxygens (including phenoxy) is 2. The Bertz CT molecular complexity index is 1980. The molecule has 0 unspecified atom stereocenters. The van der Waals surface area contributed by atoms with E-state index in [0.717, 1.165) is 33.1 Å². The second kappa shape index (κ2) is 13.7. The van der Waals surface area contributed by atoms with Crippen molar-refractivity contribution in [1.82, 2.24) is 5.43 Å². The van der Waals surface area contributed by atoms with Gasteiger partial charge in [-0.05, 0) is 96.6 Å². The van der Waals surface area contributed by atoms with E-state index in [4.69, 9.17) is 9.47 Å². The lowest BCUT2D eigenvalue weighted by Gasteiger charge is -2.37. The largest absolute Gasteiger partial charge is 0.497 e. The lowest BCUT2D eigenvalue weighted by molar-refractivity contribution is -0.119. The minimum atomic E-state index is -4.08. The summed E-state index contributed by atoms with van der Waals surface area (Å²) in [4.78, 5) is 25.1. The molecule has 1 aliphatic carbocycles. The third kappa shape index (κ3) is 6.54. The number of hydrogen-bond acceptors (Lipinski definition) is 8. The zero-order chi connectivity index (χ0) is 33.8. The van der Waals surface area contributed by atoms with Crippen molar-refractivity contribution in [3.63, 3.8) is 0 Å². The molecule has 0 bridgehead atoms. The van der Waals surface area contributed by atoms with Crippen molar-refractivity contribution in [1.29, 1.82) is 0 Å². The number of anilines is 2. The fourth-order valence-corrected chi connectivity index (χ4v) is 7.68. The number of para-hydroxylation sites is 1. The highest BCUT2D eigenvalue weighted by molar-refractivity contribution is 7.92. The highest BCUT2D eigenvalue weighted by Crippen LogP contribution is 2.50. The molecule has 0 saturated heterocycles. The molecule has 4 aromatic rings. The minimum absolute atomic E-state index is 0.0296. The maximum atomic E-state index is 13.7. The lowest BCUT2D eigenvalue weighted by Crippen LogP contribution is -2.39. The fraction of sp³-hybridized carbons (Fsp3) is 0.216. The number of allylic oxidation sites excluding steroid dienone is 2. The van der Waals surface area contributed by atoms with Crippen LogP contribution < -0.4 is 19.8 Å². The SMILES string of the molecule is COC(=O)c1ccc([C@@H]2Nc3ccc(C(C)=NNC(=O)CN(c4ccccc4)S(=O)(=O)c4ccc(OC)cc4)cc3[C@@H]3C=CC[C@H]32)cc1. The lowest BCUT2D eigenvalue weighted by atomic mass is 9.76. The summed E-state index contributed by atoms with van der Waals surface area (Å²) in [5, 5.41) is 8.05. The monoisotopic (exact) mass is 664 g/mol. The van der Waals surface area contributed by atoms with Gasteiger partial charge < -0.3 is 14.8 Å². The highest BCUT2D eigenvalue weighted by Gasteiger charge is 2.38. The number of nitrogens with zero attached hydrogens (tertiary/aromatic N) is 2. The molecule has 0 radical (unpaired) electrons. The fourth-order valence-electron chi connectivity index (χ4n) is 6.25. The zero-order valence-corrected chi connectivity index (χ0v) is 27.6. The van der Waals surface area contributed by atoms with Crippen LogP contribution in [0.4, 0.5) is 11.4 Å². The maximum absolute atomic E-state index is 13.7. The van der Waals surface area contributed by atoms with Crippen molar-refractivity contribution in [3.05, 3.63) is 131 Å². The first-order valence-corrected chi connectivity index (χ1v) is 16.9. The number of fused-ring (bicyclic) bond motifs is 3. The predicted molar refractivity (Wildman–Crippen MR) is 185 cm³/mol. The van der Waals surface area contributed by atoms with Gasteiger partial charge in [-0.25, -0.2) is 18.6 Å². The van der Waals surface area contributed by atoms with Crippen LogP contribution in [0.15, 0.2) is 119 Å². The minimum Gasteiger partial charge on any atom is -0.497 e. The van der Waals surface area contributed by atoms with Gasteiger partial charge in [-0.3, -0.25) is 9.10 Å². The van der Waals surface area contributed by atoms with E-state index >= 15 is 0 Å². The number of hydrazone groups is 1. The molecule has 2 aliphatic rings. The second-order valence-corrected chi connectivity index (χ2v) is 13.5. The molecule has 48 heavy (non-hydrogen) atoms. The Hall–Kier alpha value is -5.42. The summed E-state index contributed by atoms with van der Waals surface area (Å²) in [5.41, 5.74) is 8.06. The number of carbonyl (C=O) groups excluding carboxylic acids is 2. The van der Waals surface area contributed by atoms with Crippen LogP contribution in [0, 0.1) is 5.92 Å². The van der Waals surface area contributed by atoms with Crippen LogP contribution in [0.1, 0.15) is 52.4 Å². The van der Waals surface area contributed by atoms with Gasteiger partial charge in [0.25, 0.3) is 15.9 Å². The van der Waals surface area contributed by atoms with Gasteiger partial charge in [0.15, 0.2) is 0 Å². The summed E-state index contributed by atoms with van der Waals surface area (Å²) < 4.78 is 38.4. The molecule has 10 nitrogen and oxygen atoms in total. The molecule has 2 N–H and O–H groups in total. The second-order valence-electron chi connectivity index (χ2n) is 11.6. The third-order valence-electron chi connectivity index (χ3n) is 8.80. The summed E-state index contributed by atoms with van der Waals surface area (Å²) in [6.45, 7) is 1.33. The molecule has 11 heteroatoms. The number of amides is 1. The number of sulfonamides is 1. The molecule has 3 atom stereocenters. The van der Waals surface area contributed by atoms with Gasteiger partial charge in [-0.15, -0.1) is 0 Å². The molecule has 0 aromatic heterocycles. The van der Waals surface area contributed by atoms with Gasteiger partial charge in [-0.1, -0.05) is 48.6 Å². The quantitative estimate of drug-likeness (QED) is 0.0916. The van der Waals surface area contributed by atoms with Crippen molar-refractivity contribution < 1.29 is 27.5 Å². The first-order valence-electron chi connectivity index (χ1n) is 15.5. The molecule has 1 heterocycles. The highest BCUT2D eigenvalue weighted by atomic mass is 32.2. The van der Waals surface area contributed by atoms with E-state index in [9.17, 15) is 18.0 Å². The first-order chi connectivity index (χ1) is 23.2. The number of nitrogens with one attached hydrogen (secondary N) is 2. The van der Waals surface area contributed by atoms with Crippen molar-refractivity contribution >= 4 is 39.0 Å². The molecule has 0 fully saturated rings. The van der Waals surface area contributed by atoms with Gasteiger partial charge in [0.1, 0.15) is 12.3 Å². The molecule has 6 rings (SSSR count). The van der Waals surface area contributed by atoms with Gasteiger partial charge in [0.2, 0.25) is 0 Å². The smallest absolute Gasteiger partial charge is 0.337 e. The van der Waals surface area contributed by atoms with Crippen LogP contribution in [-0.2, 0) is 19.6 Å². The summed E-state index contributed by atoms with van der Waals surface area (Å²) in [7, 11) is -1.21. The number of rotatable bonds is 10. The van der Waals surface area contributed by atoms with Crippen molar-refractivity contribution in [2.75, 3.05) is 30.4 Å². The number of benzene rings is 4. The number of methoxy groups -OCH3 is 2. The van der Waals surface area contributed by atoms with Gasteiger partial charge >= 0.3 is 5.97 Å². The Kier molecular flexibility index (Phi) is 9.31. The van der Waals surface area contributed by atoms with E-state index in [2.05, 4.69) is 34.1 Å². The topological polar surface area (TPSA) is 126 Å². The van der Waals surface area contributed by atoms with Crippen molar-refractivity contribution in [3.8, 4) is 5.75 Å². The Morgan fingerprint density at radius 3 is 2.33 bits per heavy atom. The number of carbonyl (C=O) groups is 2. The normalized spacial score (nSPS) is 18.2. The van der Waals surface area contributed by atoms with Gasteiger partial charge in [0.05, 0.1) is 42.1 Å². The molecular formula is C37H36N4O6S. The summed E-state index contributed by atoms with van der Waals surface area (Å²) in [5.74, 6) is 0.0278. The predicted octanol–water partition coefficient (Wildman–Crippen LogP) is 6.04.